The van der Waals surface area contributed by atoms with Crippen LogP contribution in [0.2, 0.25) is 0 Å². The van der Waals surface area contributed by atoms with E-state index >= 15 is 0 Å². The van der Waals surface area contributed by atoms with Crippen molar-refractivity contribution in [1.82, 2.24) is 5.32 Å². The summed E-state index contributed by atoms with van der Waals surface area (Å²) in [6.45, 7) is 3.25. The third kappa shape index (κ3) is 3.13. The van der Waals surface area contributed by atoms with Gasteiger partial charge in [-0.15, -0.1) is 0 Å². The van der Waals surface area contributed by atoms with Crippen LogP contribution in [0.4, 0.5) is 5.69 Å². The first kappa shape index (κ1) is 12.2. The van der Waals surface area contributed by atoms with Gasteiger partial charge in [-0.05, 0) is 37.3 Å². The lowest BCUT2D eigenvalue weighted by molar-refractivity contribution is 0.0956. The number of hydrogen-bond donors (Lipinski definition) is 2. The summed E-state index contributed by atoms with van der Waals surface area (Å²) in [6, 6.07) is 9.32. The Balaban J connectivity index is 1.93. The highest BCUT2D eigenvalue weighted by molar-refractivity contribution is 5.94. The second-order valence-electron chi connectivity index (χ2n) is 3.92. The molecule has 0 spiro atoms. The monoisotopic (exact) mass is 244 g/mol. The molecule has 0 aliphatic rings. The maximum Gasteiger partial charge on any atom is 0.251 e. The van der Waals surface area contributed by atoms with Gasteiger partial charge < -0.3 is 15.1 Å². The van der Waals surface area contributed by atoms with Crippen molar-refractivity contribution < 1.29 is 9.21 Å². The van der Waals surface area contributed by atoms with Crippen LogP contribution in [0.15, 0.2) is 47.3 Å². The van der Waals surface area contributed by atoms with Crippen LogP contribution in [0.3, 0.4) is 0 Å². The van der Waals surface area contributed by atoms with Crippen molar-refractivity contribution in [1.29, 1.82) is 0 Å². The Morgan fingerprint density at radius 1 is 1.22 bits per heavy atom. The Hall–Kier alpha value is -2.23. The normalized spacial score (nSPS) is 10.1. The van der Waals surface area contributed by atoms with Crippen molar-refractivity contribution in [3.63, 3.8) is 0 Å². The molecule has 0 bridgehead atoms. The Morgan fingerprint density at radius 2 is 2.00 bits per heavy atom. The summed E-state index contributed by atoms with van der Waals surface area (Å²) in [6.07, 6.45) is 3.35. The zero-order valence-corrected chi connectivity index (χ0v) is 10.3. The van der Waals surface area contributed by atoms with Crippen molar-refractivity contribution in [3.8, 4) is 0 Å². The molecule has 0 radical (unpaired) electrons. The topological polar surface area (TPSA) is 54.3 Å². The predicted molar refractivity (Wildman–Crippen MR) is 70.5 cm³/mol. The molecule has 0 atom stereocenters. The molecule has 2 aromatic rings. The number of hydrogen-bond acceptors (Lipinski definition) is 3. The van der Waals surface area contributed by atoms with E-state index in [9.17, 15) is 4.79 Å². The van der Waals surface area contributed by atoms with Gasteiger partial charge in [0.2, 0.25) is 0 Å². The van der Waals surface area contributed by atoms with Gasteiger partial charge in [0.15, 0.2) is 0 Å². The Morgan fingerprint density at radius 3 is 2.61 bits per heavy atom. The maximum atomic E-state index is 11.6. The number of carbonyl (C=O) groups is 1. The molecule has 1 aromatic carbocycles. The molecule has 1 aromatic heterocycles. The Labute approximate surface area is 106 Å². The van der Waals surface area contributed by atoms with Gasteiger partial charge in [-0.1, -0.05) is 0 Å². The number of furan rings is 1. The summed E-state index contributed by atoms with van der Waals surface area (Å²) < 4.78 is 4.99. The standard InChI is InChI=1S/C14H16N2O2/c1-2-15-14(17)12-3-5-13(6-4-12)16-9-11-7-8-18-10-11/h3-8,10,16H,2,9H2,1H3,(H,15,17). The number of carbonyl (C=O) groups excluding carboxylic acids is 1. The summed E-state index contributed by atoms with van der Waals surface area (Å²) in [4.78, 5) is 11.6. The van der Waals surface area contributed by atoms with E-state index in [-0.39, 0.29) is 5.91 Å². The fraction of sp³-hybridized carbons (Fsp3) is 0.214. The van der Waals surface area contributed by atoms with Crippen LogP contribution in [0.25, 0.3) is 0 Å². The molecule has 4 heteroatoms. The lowest BCUT2D eigenvalue weighted by Crippen LogP contribution is -2.22. The van der Waals surface area contributed by atoms with Gasteiger partial charge in [-0.2, -0.15) is 0 Å². The first-order valence-electron chi connectivity index (χ1n) is 5.93. The zero-order valence-electron chi connectivity index (χ0n) is 10.3. The van der Waals surface area contributed by atoms with Crippen LogP contribution in [0.1, 0.15) is 22.8 Å². The third-order valence-electron chi connectivity index (χ3n) is 2.56. The second-order valence-corrected chi connectivity index (χ2v) is 3.92. The van der Waals surface area contributed by atoms with Gasteiger partial charge in [0.1, 0.15) is 0 Å². The van der Waals surface area contributed by atoms with Crippen molar-refractivity contribution in [2.24, 2.45) is 0 Å². The quantitative estimate of drug-likeness (QED) is 0.850. The summed E-state index contributed by atoms with van der Waals surface area (Å²) in [7, 11) is 0. The third-order valence-corrected chi connectivity index (χ3v) is 2.56. The van der Waals surface area contributed by atoms with Crippen LogP contribution in [-0.2, 0) is 6.54 Å². The molecule has 0 unspecified atom stereocenters. The second kappa shape index (κ2) is 5.91. The molecule has 0 saturated carbocycles. The number of anilines is 1. The molecule has 0 aliphatic heterocycles. The summed E-state index contributed by atoms with van der Waals surface area (Å²) in [5, 5.41) is 6.02. The van der Waals surface area contributed by atoms with Crippen LogP contribution in [0, 0.1) is 0 Å². The fourth-order valence-corrected chi connectivity index (χ4v) is 1.60. The molecule has 18 heavy (non-hydrogen) atoms. The van der Waals surface area contributed by atoms with Crippen molar-refractivity contribution in [2.45, 2.75) is 13.5 Å². The largest absolute Gasteiger partial charge is 0.472 e. The molecule has 94 valence electrons. The lowest BCUT2D eigenvalue weighted by Gasteiger charge is -2.06. The highest BCUT2D eigenvalue weighted by Gasteiger charge is 2.03. The molecule has 0 aliphatic carbocycles. The number of amides is 1. The van der Waals surface area contributed by atoms with E-state index in [0.717, 1.165) is 11.3 Å². The zero-order chi connectivity index (χ0) is 12.8. The fourth-order valence-electron chi connectivity index (χ4n) is 1.60. The van der Waals surface area contributed by atoms with E-state index in [2.05, 4.69) is 10.6 Å². The summed E-state index contributed by atoms with van der Waals surface area (Å²) >= 11 is 0. The van der Waals surface area contributed by atoms with Crippen molar-refractivity contribution in [3.05, 3.63) is 54.0 Å². The molecule has 0 fully saturated rings. The molecule has 0 saturated heterocycles. The Bertz CT molecular complexity index is 489. The van der Waals surface area contributed by atoms with E-state index in [1.165, 1.54) is 0 Å². The average Bonchev–Trinajstić information content (AvgIpc) is 2.90. The molecular weight excluding hydrogens is 228 g/mol. The minimum atomic E-state index is -0.0427. The van der Waals surface area contributed by atoms with Gasteiger partial charge in [-0.3, -0.25) is 4.79 Å². The molecule has 2 rings (SSSR count). The summed E-state index contributed by atoms with van der Waals surface area (Å²) in [5.74, 6) is -0.0427. The first-order valence-corrected chi connectivity index (χ1v) is 5.93. The molecule has 2 N–H and O–H groups in total. The highest BCUT2D eigenvalue weighted by atomic mass is 16.3. The first-order chi connectivity index (χ1) is 8.79. The van der Waals surface area contributed by atoms with Crippen LogP contribution < -0.4 is 10.6 Å². The average molecular weight is 244 g/mol. The van der Waals surface area contributed by atoms with Crippen molar-refractivity contribution in [2.75, 3.05) is 11.9 Å². The number of nitrogens with one attached hydrogen (secondary N) is 2. The number of rotatable bonds is 5. The van der Waals surface area contributed by atoms with Gasteiger partial charge in [-0.25, -0.2) is 0 Å². The maximum absolute atomic E-state index is 11.6. The molecule has 1 amide bonds. The van der Waals surface area contributed by atoms with Gasteiger partial charge in [0.25, 0.3) is 5.91 Å². The van der Waals surface area contributed by atoms with Crippen molar-refractivity contribution >= 4 is 11.6 Å². The lowest BCUT2D eigenvalue weighted by atomic mass is 10.2. The molecular formula is C14H16N2O2. The van der Waals surface area contributed by atoms with Gasteiger partial charge >= 0.3 is 0 Å². The van der Waals surface area contributed by atoms with E-state index in [4.69, 9.17) is 4.42 Å². The number of benzene rings is 1. The van der Waals surface area contributed by atoms with E-state index in [0.29, 0.717) is 18.7 Å². The van der Waals surface area contributed by atoms with E-state index < -0.39 is 0 Å². The van der Waals surface area contributed by atoms with E-state index in [1.54, 1.807) is 12.5 Å². The predicted octanol–water partition coefficient (Wildman–Crippen LogP) is 2.64. The van der Waals surface area contributed by atoms with Crippen LogP contribution in [0.5, 0.6) is 0 Å². The minimum Gasteiger partial charge on any atom is -0.472 e. The summed E-state index contributed by atoms with van der Waals surface area (Å²) in [5.41, 5.74) is 2.73. The SMILES string of the molecule is CCNC(=O)c1ccc(NCc2ccoc2)cc1. The van der Waals surface area contributed by atoms with E-state index in [1.807, 2.05) is 37.3 Å². The highest BCUT2D eigenvalue weighted by Crippen LogP contribution is 2.11. The Kier molecular flexibility index (Phi) is 4.02. The van der Waals surface area contributed by atoms with Gasteiger partial charge in [0, 0.05) is 29.9 Å². The molecule has 4 nitrogen and oxygen atoms in total. The molecule has 1 heterocycles. The van der Waals surface area contributed by atoms with Gasteiger partial charge in [0.05, 0.1) is 12.5 Å². The van der Waals surface area contributed by atoms with Crippen LogP contribution >= 0.6 is 0 Å². The minimum absolute atomic E-state index is 0.0427. The van der Waals surface area contributed by atoms with Crippen LogP contribution in [-0.4, -0.2) is 12.5 Å². The smallest absolute Gasteiger partial charge is 0.251 e.